The lowest BCUT2D eigenvalue weighted by Crippen LogP contribution is -2.44. The van der Waals surface area contributed by atoms with Gasteiger partial charge >= 0.3 is 0 Å². The lowest BCUT2D eigenvalue weighted by atomic mass is 9.84. The average Bonchev–Trinajstić information content (AvgIpc) is 2.20. The predicted molar refractivity (Wildman–Crippen MR) is 56.8 cm³/mol. The van der Waals surface area contributed by atoms with Crippen molar-refractivity contribution in [1.82, 2.24) is 4.90 Å². The highest BCUT2D eigenvalue weighted by molar-refractivity contribution is 4.82. The number of hydrogen-bond donors (Lipinski definition) is 0. The van der Waals surface area contributed by atoms with Gasteiger partial charge in [-0.15, -0.1) is 0 Å². The molecule has 0 N–H and O–H groups in total. The molecule has 2 atom stereocenters. The van der Waals surface area contributed by atoms with Crippen molar-refractivity contribution < 1.29 is 0 Å². The van der Waals surface area contributed by atoms with E-state index in [0.717, 1.165) is 12.0 Å². The maximum Gasteiger partial charge on any atom is 0.0121 e. The van der Waals surface area contributed by atoms with Crippen LogP contribution in [0.2, 0.25) is 0 Å². The highest BCUT2D eigenvalue weighted by atomic mass is 15.2. The van der Waals surface area contributed by atoms with Gasteiger partial charge in [-0.05, 0) is 44.7 Å². The number of likely N-dealkylation sites (tertiary alicyclic amines) is 1. The second-order valence-electron chi connectivity index (χ2n) is 4.93. The van der Waals surface area contributed by atoms with E-state index < -0.39 is 0 Å². The van der Waals surface area contributed by atoms with Crippen molar-refractivity contribution in [2.75, 3.05) is 13.1 Å². The molecule has 0 aromatic heterocycles. The van der Waals surface area contributed by atoms with Gasteiger partial charge in [0.15, 0.2) is 0 Å². The van der Waals surface area contributed by atoms with Crippen LogP contribution in [0.4, 0.5) is 0 Å². The smallest absolute Gasteiger partial charge is 0.0121 e. The summed E-state index contributed by atoms with van der Waals surface area (Å²) in [5, 5.41) is 0. The van der Waals surface area contributed by atoms with E-state index in [1.54, 1.807) is 0 Å². The van der Waals surface area contributed by atoms with Gasteiger partial charge in [-0.1, -0.05) is 26.2 Å². The van der Waals surface area contributed by atoms with Gasteiger partial charge in [0.05, 0.1) is 0 Å². The molecule has 1 saturated heterocycles. The van der Waals surface area contributed by atoms with Crippen LogP contribution in [0.25, 0.3) is 0 Å². The van der Waals surface area contributed by atoms with Gasteiger partial charge in [-0.25, -0.2) is 0 Å². The molecule has 0 radical (unpaired) electrons. The quantitative estimate of drug-likeness (QED) is 0.601. The Labute approximate surface area is 82.5 Å². The van der Waals surface area contributed by atoms with Crippen LogP contribution in [-0.2, 0) is 0 Å². The monoisotopic (exact) mass is 181 g/mol. The molecule has 2 aliphatic rings. The Kier molecular flexibility index (Phi) is 3.26. The van der Waals surface area contributed by atoms with E-state index in [0.29, 0.717) is 0 Å². The molecule has 2 fully saturated rings. The third-order valence-corrected chi connectivity index (χ3v) is 3.93. The lowest BCUT2D eigenvalue weighted by molar-refractivity contribution is 0.0922. The Balaban J connectivity index is 1.88. The summed E-state index contributed by atoms with van der Waals surface area (Å²) in [5.41, 5.74) is 0. The van der Waals surface area contributed by atoms with Crippen LogP contribution in [0, 0.1) is 5.92 Å². The van der Waals surface area contributed by atoms with Crippen molar-refractivity contribution in [3.8, 4) is 0 Å². The van der Waals surface area contributed by atoms with Gasteiger partial charge < -0.3 is 4.90 Å². The third-order valence-electron chi connectivity index (χ3n) is 3.93. The van der Waals surface area contributed by atoms with Crippen molar-refractivity contribution in [1.29, 1.82) is 0 Å². The van der Waals surface area contributed by atoms with Crippen LogP contribution < -0.4 is 0 Å². The van der Waals surface area contributed by atoms with Crippen molar-refractivity contribution in [3.05, 3.63) is 0 Å². The van der Waals surface area contributed by atoms with Gasteiger partial charge in [-0.2, -0.15) is 0 Å². The first-order chi connectivity index (χ1) is 6.38. The molecular formula is C12H23N. The summed E-state index contributed by atoms with van der Waals surface area (Å²) in [6.45, 7) is 5.22. The van der Waals surface area contributed by atoms with Crippen LogP contribution in [0.15, 0.2) is 0 Å². The van der Waals surface area contributed by atoms with Crippen LogP contribution in [0.3, 0.4) is 0 Å². The number of nitrogens with zero attached hydrogens (tertiary/aromatic N) is 1. The first-order valence-corrected chi connectivity index (χ1v) is 6.12. The molecule has 0 amide bonds. The minimum absolute atomic E-state index is 0.939. The third kappa shape index (κ3) is 2.25. The fourth-order valence-electron chi connectivity index (χ4n) is 3.09. The predicted octanol–water partition coefficient (Wildman–Crippen LogP) is 3.05. The molecule has 1 aliphatic carbocycles. The molecule has 0 aromatic rings. The van der Waals surface area contributed by atoms with Gasteiger partial charge in [0.25, 0.3) is 0 Å². The molecule has 1 nitrogen and oxygen atoms in total. The minimum Gasteiger partial charge on any atom is -0.300 e. The van der Waals surface area contributed by atoms with E-state index in [-0.39, 0.29) is 0 Å². The first kappa shape index (κ1) is 9.51. The van der Waals surface area contributed by atoms with E-state index in [1.807, 2.05) is 0 Å². The van der Waals surface area contributed by atoms with E-state index in [1.165, 1.54) is 58.0 Å². The van der Waals surface area contributed by atoms with E-state index >= 15 is 0 Å². The van der Waals surface area contributed by atoms with Crippen molar-refractivity contribution in [2.45, 2.75) is 57.9 Å². The lowest BCUT2D eigenvalue weighted by Gasteiger charge is -2.40. The normalized spacial score (nSPS) is 37.6. The molecule has 1 aliphatic heterocycles. The molecule has 0 aromatic carbocycles. The largest absolute Gasteiger partial charge is 0.300 e. The summed E-state index contributed by atoms with van der Waals surface area (Å²) in [7, 11) is 0. The SMILES string of the molecule is C[C@H]1CCCCC1N1CCCCC1. The maximum atomic E-state index is 2.77. The summed E-state index contributed by atoms with van der Waals surface area (Å²) in [6.07, 6.45) is 10.3. The van der Waals surface area contributed by atoms with Crippen LogP contribution in [0.5, 0.6) is 0 Å². The minimum atomic E-state index is 0.939. The molecule has 0 bridgehead atoms. The maximum absolute atomic E-state index is 2.77. The second kappa shape index (κ2) is 4.45. The molecule has 1 unspecified atom stereocenters. The summed E-state index contributed by atoms with van der Waals surface area (Å²) < 4.78 is 0. The summed E-state index contributed by atoms with van der Waals surface area (Å²) in [5.74, 6) is 0.965. The zero-order valence-corrected chi connectivity index (χ0v) is 8.97. The number of piperidine rings is 1. The van der Waals surface area contributed by atoms with E-state index in [4.69, 9.17) is 0 Å². The van der Waals surface area contributed by atoms with Gasteiger partial charge in [0.2, 0.25) is 0 Å². The molecule has 2 rings (SSSR count). The molecule has 1 saturated carbocycles. The van der Waals surface area contributed by atoms with Crippen LogP contribution in [0.1, 0.15) is 51.9 Å². The molecule has 0 spiro atoms. The summed E-state index contributed by atoms with van der Waals surface area (Å²) in [6, 6.07) is 0.939. The van der Waals surface area contributed by atoms with Crippen molar-refractivity contribution >= 4 is 0 Å². The Morgan fingerprint density at radius 3 is 2.23 bits per heavy atom. The average molecular weight is 181 g/mol. The number of hydrogen-bond acceptors (Lipinski definition) is 1. The summed E-state index contributed by atoms with van der Waals surface area (Å²) >= 11 is 0. The molecule has 1 heterocycles. The molecule has 13 heavy (non-hydrogen) atoms. The zero-order valence-electron chi connectivity index (χ0n) is 8.97. The van der Waals surface area contributed by atoms with Crippen LogP contribution in [-0.4, -0.2) is 24.0 Å². The van der Waals surface area contributed by atoms with Crippen molar-refractivity contribution in [3.63, 3.8) is 0 Å². The Bertz CT molecular complexity index is 149. The first-order valence-electron chi connectivity index (χ1n) is 6.12. The Hall–Kier alpha value is -0.0400. The Morgan fingerprint density at radius 2 is 1.54 bits per heavy atom. The summed E-state index contributed by atoms with van der Waals surface area (Å²) in [4.78, 5) is 2.77. The molecule has 76 valence electrons. The molecular weight excluding hydrogens is 158 g/mol. The fraction of sp³-hybridized carbons (Fsp3) is 1.00. The van der Waals surface area contributed by atoms with Gasteiger partial charge in [-0.3, -0.25) is 0 Å². The van der Waals surface area contributed by atoms with E-state index in [2.05, 4.69) is 11.8 Å². The van der Waals surface area contributed by atoms with E-state index in [9.17, 15) is 0 Å². The Morgan fingerprint density at radius 1 is 0.846 bits per heavy atom. The second-order valence-corrected chi connectivity index (χ2v) is 4.93. The number of rotatable bonds is 1. The van der Waals surface area contributed by atoms with Gasteiger partial charge in [0, 0.05) is 6.04 Å². The molecule has 1 heteroatoms. The highest BCUT2D eigenvalue weighted by Gasteiger charge is 2.27. The van der Waals surface area contributed by atoms with Crippen molar-refractivity contribution in [2.24, 2.45) is 5.92 Å². The van der Waals surface area contributed by atoms with Gasteiger partial charge in [0.1, 0.15) is 0 Å². The topological polar surface area (TPSA) is 3.24 Å². The van der Waals surface area contributed by atoms with Crippen LogP contribution >= 0.6 is 0 Å². The highest BCUT2D eigenvalue weighted by Crippen LogP contribution is 2.29. The standard InChI is InChI=1S/C12H23N/c1-11-7-3-4-8-12(11)13-9-5-2-6-10-13/h11-12H,2-10H2,1H3/t11-,12?/m0/s1. The fourth-order valence-corrected chi connectivity index (χ4v) is 3.09. The zero-order chi connectivity index (χ0) is 9.10.